The van der Waals surface area contributed by atoms with E-state index in [0.717, 1.165) is 0 Å². The summed E-state index contributed by atoms with van der Waals surface area (Å²) in [5.74, 6) is -0.291. The van der Waals surface area contributed by atoms with Gasteiger partial charge in [-0.3, -0.25) is 14.3 Å². The monoisotopic (exact) mass is 224 g/mol. The summed E-state index contributed by atoms with van der Waals surface area (Å²) in [5, 5.41) is 3.88. The minimum Gasteiger partial charge on any atom is -0.381 e. The Labute approximate surface area is 94.4 Å². The minimum atomic E-state index is -0.193. The van der Waals surface area contributed by atoms with Crippen LogP contribution in [0.25, 0.3) is 0 Å². The van der Waals surface area contributed by atoms with Gasteiger partial charge in [0.05, 0.1) is 13.0 Å². The van der Waals surface area contributed by atoms with Gasteiger partial charge < -0.3 is 4.74 Å². The molecule has 0 fully saturated rings. The number of aromatic nitrogens is 2. The van der Waals surface area contributed by atoms with Crippen LogP contribution < -0.4 is 0 Å². The Hall–Kier alpha value is -1.49. The smallest absolute Gasteiger partial charge is 0.188 e. The molecule has 88 valence electrons. The zero-order valence-electron chi connectivity index (χ0n) is 9.60. The van der Waals surface area contributed by atoms with Crippen LogP contribution in [0.15, 0.2) is 12.3 Å². The number of ether oxygens (including phenoxy) is 1. The number of hydrogen-bond acceptors (Lipinski definition) is 4. The molecule has 0 bridgehead atoms. The highest BCUT2D eigenvalue weighted by atomic mass is 16.5. The van der Waals surface area contributed by atoms with Crippen LogP contribution in [0.1, 0.15) is 30.3 Å². The fraction of sp³-hybridized carbons (Fsp3) is 0.545. The summed E-state index contributed by atoms with van der Waals surface area (Å²) >= 11 is 0. The molecule has 5 heteroatoms. The van der Waals surface area contributed by atoms with E-state index in [1.807, 2.05) is 6.92 Å². The van der Waals surface area contributed by atoms with Crippen LogP contribution in [-0.2, 0) is 16.6 Å². The molecular weight excluding hydrogens is 208 g/mol. The van der Waals surface area contributed by atoms with Crippen molar-refractivity contribution in [1.29, 1.82) is 0 Å². The quantitative estimate of drug-likeness (QED) is 0.393. The molecule has 1 heterocycles. The second-order valence-electron chi connectivity index (χ2n) is 3.43. The second kappa shape index (κ2) is 6.17. The Morgan fingerprint density at radius 1 is 1.50 bits per heavy atom. The summed E-state index contributed by atoms with van der Waals surface area (Å²) in [6.07, 6.45) is 1.75. The molecule has 1 aromatic rings. The van der Waals surface area contributed by atoms with E-state index in [-0.39, 0.29) is 24.4 Å². The second-order valence-corrected chi connectivity index (χ2v) is 3.43. The van der Waals surface area contributed by atoms with Crippen molar-refractivity contribution < 1.29 is 14.3 Å². The number of hydrogen-bond donors (Lipinski definition) is 0. The molecule has 0 unspecified atom stereocenters. The first kappa shape index (κ1) is 12.6. The van der Waals surface area contributed by atoms with Gasteiger partial charge in [-0.2, -0.15) is 5.10 Å². The van der Waals surface area contributed by atoms with Gasteiger partial charge in [0, 0.05) is 26.3 Å². The van der Waals surface area contributed by atoms with Gasteiger partial charge in [-0.25, -0.2) is 0 Å². The average Bonchev–Trinajstić information content (AvgIpc) is 2.65. The minimum absolute atomic E-state index is 0.0768. The third-order valence-electron chi connectivity index (χ3n) is 2.19. The lowest BCUT2D eigenvalue weighted by atomic mass is 10.1. The number of aryl methyl sites for hydroxylation is 1. The van der Waals surface area contributed by atoms with Crippen LogP contribution >= 0.6 is 0 Å². The maximum Gasteiger partial charge on any atom is 0.188 e. The van der Waals surface area contributed by atoms with Gasteiger partial charge in [0.25, 0.3) is 0 Å². The van der Waals surface area contributed by atoms with Crippen molar-refractivity contribution >= 4 is 11.6 Å². The van der Waals surface area contributed by atoms with Crippen LogP contribution in [0.3, 0.4) is 0 Å². The largest absolute Gasteiger partial charge is 0.381 e. The van der Waals surface area contributed by atoms with Crippen LogP contribution in [0, 0.1) is 0 Å². The third-order valence-corrected chi connectivity index (χ3v) is 2.19. The van der Waals surface area contributed by atoms with E-state index >= 15 is 0 Å². The Morgan fingerprint density at radius 2 is 2.25 bits per heavy atom. The molecule has 0 aliphatic carbocycles. The van der Waals surface area contributed by atoms with E-state index in [0.29, 0.717) is 18.9 Å². The van der Waals surface area contributed by atoms with Crippen molar-refractivity contribution in [1.82, 2.24) is 9.78 Å². The van der Waals surface area contributed by atoms with E-state index in [2.05, 4.69) is 5.10 Å². The van der Waals surface area contributed by atoms with E-state index in [9.17, 15) is 9.59 Å². The van der Waals surface area contributed by atoms with Crippen LogP contribution in [0.2, 0.25) is 0 Å². The van der Waals surface area contributed by atoms with Crippen molar-refractivity contribution in [3.8, 4) is 0 Å². The maximum atomic E-state index is 11.6. The highest BCUT2D eigenvalue weighted by Gasteiger charge is 2.14. The molecule has 0 saturated heterocycles. The molecule has 0 aliphatic heterocycles. The molecule has 0 radical (unpaired) electrons. The summed E-state index contributed by atoms with van der Waals surface area (Å²) in [6, 6.07) is 1.61. The average molecular weight is 224 g/mol. The van der Waals surface area contributed by atoms with Gasteiger partial charge in [-0.1, -0.05) is 0 Å². The van der Waals surface area contributed by atoms with Gasteiger partial charge in [0.2, 0.25) is 0 Å². The molecular formula is C11H16N2O3. The summed E-state index contributed by atoms with van der Waals surface area (Å²) in [7, 11) is 1.68. The fourth-order valence-corrected chi connectivity index (χ4v) is 1.34. The first-order valence-electron chi connectivity index (χ1n) is 5.25. The van der Waals surface area contributed by atoms with Crippen molar-refractivity contribution in [3.05, 3.63) is 18.0 Å². The van der Waals surface area contributed by atoms with Gasteiger partial charge in [0.15, 0.2) is 5.78 Å². The lowest BCUT2D eigenvalue weighted by Gasteiger charge is -2.01. The zero-order valence-corrected chi connectivity index (χ0v) is 9.60. The van der Waals surface area contributed by atoms with Gasteiger partial charge in [-0.15, -0.1) is 0 Å². The number of carbonyl (C=O) groups excluding carboxylic acids is 2. The predicted octanol–water partition coefficient (Wildman–Crippen LogP) is 0.989. The van der Waals surface area contributed by atoms with Crippen LogP contribution in [-0.4, -0.2) is 34.6 Å². The van der Waals surface area contributed by atoms with Crippen LogP contribution in [0.4, 0.5) is 0 Å². The Balaban J connectivity index is 2.40. The molecule has 0 spiro atoms. The highest BCUT2D eigenvalue weighted by molar-refractivity contribution is 6.07. The normalized spacial score (nSPS) is 10.4. The fourth-order valence-electron chi connectivity index (χ4n) is 1.34. The lowest BCUT2D eigenvalue weighted by Crippen LogP contribution is -2.13. The zero-order chi connectivity index (χ0) is 12.0. The van der Waals surface area contributed by atoms with Gasteiger partial charge in [0.1, 0.15) is 11.5 Å². The topological polar surface area (TPSA) is 61.2 Å². The molecule has 0 amide bonds. The molecule has 0 saturated carbocycles. The van der Waals surface area contributed by atoms with Crippen molar-refractivity contribution in [3.63, 3.8) is 0 Å². The number of nitrogens with zero attached hydrogens (tertiary/aromatic N) is 2. The first-order chi connectivity index (χ1) is 7.65. The Kier molecular flexibility index (Phi) is 4.85. The van der Waals surface area contributed by atoms with Crippen molar-refractivity contribution in [2.75, 3.05) is 13.2 Å². The molecule has 0 N–H and O–H groups in total. The first-order valence-corrected chi connectivity index (χ1v) is 5.25. The van der Waals surface area contributed by atoms with Gasteiger partial charge >= 0.3 is 0 Å². The molecule has 1 aromatic heterocycles. The van der Waals surface area contributed by atoms with E-state index in [1.165, 1.54) is 10.9 Å². The van der Waals surface area contributed by atoms with Crippen molar-refractivity contribution in [2.45, 2.75) is 19.8 Å². The van der Waals surface area contributed by atoms with E-state index in [4.69, 9.17) is 4.74 Å². The molecule has 1 rings (SSSR count). The molecule has 0 aliphatic rings. The summed E-state index contributed by atoms with van der Waals surface area (Å²) in [4.78, 5) is 23.1. The van der Waals surface area contributed by atoms with Gasteiger partial charge in [-0.05, 0) is 13.0 Å². The standard InChI is InChI=1S/C11H16N2O3/c1-3-16-7-5-9(14)8-11(15)10-4-6-12-13(10)2/h4,6H,3,5,7-8H2,1-2H3. The summed E-state index contributed by atoms with van der Waals surface area (Å²) < 4.78 is 6.52. The molecule has 16 heavy (non-hydrogen) atoms. The van der Waals surface area contributed by atoms with Crippen LogP contribution in [0.5, 0.6) is 0 Å². The summed E-state index contributed by atoms with van der Waals surface area (Å²) in [5.41, 5.74) is 0.463. The Morgan fingerprint density at radius 3 is 2.81 bits per heavy atom. The number of rotatable bonds is 7. The number of carbonyl (C=O) groups is 2. The third kappa shape index (κ3) is 3.58. The number of Topliss-reactive ketones (excluding diaryl/α,β-unsaturated/α-hetero) is 2. The van der Waals surface area contributed by atoms with E-state index in [1.54, 1.807) is 13.1 Å². The lowest BCUT2D eigenvalue weighted by molar-refractivity contribution is -0.119. The summed E-state index contributed by atoms with van der Waals surface area (Å²) in [6.45, 7) is 2.84. The Bertz CT molecular complexity index is 371. The number of ketones is 2. The highest BCUT2D eigenvalue weighted by Crippen LogP contribution is 2.03. The molecule has 0 atom stereocenters. The molecule has 5 nitrogen and oxygen atoms in total. The SMILES string of the molecule is CCOCCC(=O)CC(=O)c1ccnn1C. The van der Waals surface area contributed by atoms with Crippen molar-refractivity contribution in [2.24, 2.45) is 7.05 Å². The van der Waals surface area contributed by atoms with E-state index < -0.39 is 0 Å². The maximum absolute atomic E-state index is 11.6. The predicted molar refractivity (Wildman–Crippen MR) is 58.3 cm³/mol. The molecule has 0 aromatic carbocycles.